The van der Waals surface area contributed by atoms with Crippen LogP contribution in [0.2, 0.25) is 0 Å². The molecule has 2 heterocycles. The van der Waals surface area contributed by atoms with Gasteiger partial charge >= 0.3 is 0 Å². The lowest BCUT2D eigenvalue weighted by Crippen LogP contribution is -2.56. The Hall–Kier alpha value is -1.80. The average molecular weight is 299 g/mol. The highest BCUT2D eigenvalue weighted by molar-refractivity contribution is 5.97. The van der Waals surface area contributed by atoms with E-state index >= 15 is 0 Å². The maximum atomic E-state index is 8.72. The molecule has 0 amide bonds. The third kappa shape index (κ3) is 1.69. The zero-order valence-electron chi connectivity index (χ0n) is 12.0. The molecular formula is C18H19ClN2. The third-order valence-corrected chi connectivity index (χ3v) is 5.06. The zero-order chi connectivity index (χ0) is 13.7. The largest absolute Gasteiger partial charge is 0.356 e. The molecule has 5 rings (SSSR count). The number of nitrogens with one attached hydrogen (secondary N) is 1. The van der Waals surface area contributed by atoms with Crippen LogP contribution < -0.4 is 0 Å². The van der Waals surface area contributed by atoms with E-state index in [0.717, 1.165) is 18.7 Å². The van der Waals surface area contributed by atoms with Crippen LogP contribution in [0.25, 0.3) is 0 Å². The van der Waals surface area contributed by atoms with E-state index in [1.54, 1.807) is 0 Å². The molecule has 0 spiro atoms. The molecule has 1 saturated heterocycles. The van der Waals surface area contributed by atoms with Crippen molar-refractivity contribution >= 4 is 18.2 Å². The van der Waals surface area contributed by atoms with Crippen LogP contribution in [0.4, 0.5) is 0 Å². The van der Waals surface area contributed by atoms with Gasteiger partial charge in [0.05, 0.1) is 11.5 Å². The topological polar surface area (TPSA) is 27.1 Å². The number of likely N-dealkylation sites (N-methyl/N-ethyl adjacent to an activating group) is 1. The number of piperidine rings is 1. The number of amidine groups is 1. The van der Waals surface area contributed by atoms with Gasteiger partial charge in [-0.2, -0.15) is 0 Å². The summed E-state index contributed by atoms with van der Waals surface area (Å²) in [5.74, 6) is 0.749. The van der Waals surface area contributed by atoms with Gasteiger partial charge in [-0.05, 0) is 29.5 Å². The monoisotopic (exact) mass is 298 g/mol. The van der Waals surface area contributed by atoms with E-state index in [2.05, 4.69) is 60.5 Å². The summed E-state index contributed by atoms with van der Waals surface area (Å²) in [4.78, 5) is 2.17. The summed E-state index contributed by atoms with van der Waals surface area (Å²) in [7, 11) is 2.07. The van der Waals surface area contributed by atoms with Crippen LogP contribution in [-0.4, -0.2) is 17.8 Å². The first kappa shape index (κ1) is 14.2. The normalized spacial score (nSPS) is 26.2. The van der Waals surface area contributed by atoms with Gasteiger partial charge in [0.25, 0.3) is 0 Å². The fraction of sp³-hybridized carbons (Fsp3) is 0.278. The Morgan fingerprint density at radius 3 is 2.48 bits per heavy atom. The van der Waals surface area contributed by atoms with Gasteiger partial charge in [-0.3, -0.25) is 5.41 Å². The van der Waals surface area contributed by atoms with E-state index in [9.17, 15) is 0 Å². The maximum Gasteiger partial charge on any atom is 0.111 e. The SMILES string of the molecule is CN1C(=N)C2(c3ccccc3)CCC1c1ccccc12.Cl. The number of halogens is 1. The van der Waals surface area contributed by atoms with Gasteiger partial charge in [-0.25, -0.2) is 0 Å². The quantitative estimate of drug-likeness (QED) is 0.841. The molecule has 3 aliphatic rings. The first-order chi connectivity index (χ1) is 9.75. The molecule has 1 N–H and O–H groups in total. The van der Waals surface area contributed by atoms with Crippen molar-refractivity contribution in [2.24, 2.45) is 0 Å². The molecule has 1 fully saturated rings. The highest BCUT2D eigenvalue weighted by Gasteiger charge is 2.52. The molecule has 108 valence electrons. The number of rotatable bonds is 1. The minimum Gasteiger partial charge on any atom is -0.356 e. The second-order valence-electron chi connectivity index (χ2n) is 5.87. The Bertz CT molecular complexity index is 683. The Morgan fingerprint density at radius 1 is 1.05 bits per heavy atom. The van der Waals surface area contributed by atoms with Crippen molar-refractivity contribution in [1.29, 1.82) is 5.41 Å². The summed E-state index contributed by atoms with van der Waals surface area (Å²) in [6.07, 6.45) is 2.17. The van der Waals surface area contributed by atoms with Crippen LogP contribution in [0.15, 0.2) is 54.6 Å². The number of hydrogen-bond acceptors (Lipinski definition) is 1. The second kappa shape index (κ2) is 4.88. The Kier molecular flexibility index (Phi) is 3.29. The fourth-order valence-corrected chi connectivity index (χ4v) is 4.08. The van der Waals surface area contributed by atoms with Gasteiger partial charge in [0.1, 0.15) is 5.84 Å². The van der Waals surface area contributed by atoms with Gasteiger partial charge in [0, 0.05) is 7.05 Å². The van der Waals surface area contributed by atoms with Crippen LogP contribution >= 0.6 is 12.4 Å². The van der Waals surface area contributed by atoms with E-state index in [-0.39, 0.29) is 17.8 Å². The van der Waals surface area contributed by atoms with Crippen molar-refractivity contribution in [1.82, 2.24) is 4.90 Å². The first-order valence-corrected chi connectivity index (χ1v) is 7.22. The van der Waals surface area contributed by atoms with E-state index < -0.39 is 0 Å². The summed E-state index contributed by atoms with van der Waals surface area (Å²) >= 11 is 0. The molecule has 2 aromatic rings. The van der Waals surface area contributed by atoms with Crippen molar-refractivity contribution in [2.75, 3.05) is 7.05 Å². The molecule has 2 aromatic carbocycles. The van der Waals surface area contributed by atoms with Crippen LogP contribution in [0, 0.1) is 5.41 Å². The summed E-state index contributed by atoms with van der Waals surface area (Å²) < 4.78 is 0. The molecule has 1 aliphatic carbocycles. The summed E-state index contributed by atoms with van der Waals surface area (Å²) in [6, 6.07) is 19.6. The van der Waals surface area contributed by atoms with E-state index in [0.29, 0.717) is 6.04 Å². The summed E-state index contributed by atoms with van der Waals surface area (Å²) in [6.45, 7) is 0. The summed E-state index contributed by atoms with van der Waals surface area (Å²) in [5.41, 5.74) is 3.75. The number of benzene rings is 2. The molecule has 3 heteroatoms. The lowest BCUT2D eigenvalue weighted by atomic mass is 9.60. The van der Waals surface area contributed by atoms with Crippen LogP contribution in [0.3, 0.4) is 0 Å². The standard InChI is InChI=1S/C18H18N2.ClH/c1-20-16-11-12-18(17(20)19,13-7-3-2-4-8-13)15-10-6-5-9-14(15)16;/h2-10,16,19H,11-12H2,1H3;1H. The van der Waals surface area contributed by atoms with Crippen molar-refractivity contribution in [3.63, 3.8) is 0 Å². The third-order valence-electron chi connectivity index (χ3n) is 5.06. The molecule has 0 aromatic heterocycles. The number of nitrogens with zero attached hydrogens (tertiary/aromatic N) is 1. The fourth-order valence-electron chi connectivity index (χ4n) is 4.08. The molecule has 0 saturated carbocycles. The highest BCUT2D eigenvalue weighted by Crippen LogP contribution is 2.53. The van der Waals surface area contributed by atoms with Crippen molar-refractivity contribution in [3.05, 3.63) is 71.3 Å². The number of fused-ring (bicyclic) bond motifs is 2. The minimum absolute atomic E-state index is 0. The smallest absolute Gasteiger partial charge is 0.111 e. The number of hydrogen-bond donors (Lipinski definition) is 1. The molecule has 0 radical (unpaired) electrons. The minimum atomic E-state index is -0.249. The summed E-state index contributed by atoms with van der Waals surface area (Å²) in [5, 5.41) is 8.72. The van der Waals surface area contributed by atoms with Crippen LogP contribution in [0.1, 0.15) is 35.6 Å². The Morgan fingerprint density at radius 2 is 1.71 bits per heavy atom. The van der Waals surface area contributed by atoms with Crippen molar-refractivity contribution < 1.29 is 0 Å². The predicted octanol–water partition coefficient (Wildman–Crippen LogP) is 4.15. The van der Waals surface area contributed by atoms with E-state index in [1.807, 2.05) is 6.07 Å². The molecule has 2 nitrogen and oxygen atoms in total. The van der Waals surface area contributed by atoms with Crippen molar-refractivity contribution in [3.8, 4) is 0 Å². The second-order valence-corrected chi connectivity index (χ2v) is 5.87. The first-order valence-electron chi connectivity index (χ1n) is 7.22. The van der Waals surface area contributed by atoms with Gasteiger partial charge in [-0.15, -0.1) is 12.4 Å². The lowest BCUT2D eigenvalue weighted by Gasteiger charge is -2.54. The van der Waals surface area contributed by atoms with Gasteiger partial charge in [-0.1, -0.05) is 54.6 Å². The average Bonchev–Trinajstić information content (AvgIpc) is 2.52. The van der Waals surface area contributed by atoms with E-state index in [1.165, 1.54) is 16.7 Å². The Balaban J connectivity index is 0.00000132. The van der Waals surface area contributed by atoms with Gasteiger partial charge < -0.3 is 4.90 Å². The van der Waals surface area contributed by atoms with Gasteiger partial charge in [0.2, 0.25) is 0 Å². The predicted molar refractivity (Wildman–Crippen MR) is 88.4 cm³/mol. The molecule has 2 atom stereocenters. The van der Waals surface area contributed by atoms with Crippen LogP contribution in [0.5, 0.6) is 0 Å². The van der Waals surface area contributed by atoms with Gasteiger partial charge in [0.15, 0.2) is 0 Å². The molecule has 2 bridgehead atoms. The molecule has 2 aliphatic heterocycles. The van der Waals surface area contributed by atoms with E-state index in [4.69, 9.17) is 5.41 Å². The maximum absolute atomic E-state index is 8.72. The lowest BCUT2D eigenvalue weighted by molar-refractivity contribution is 0.243. The highest BCUT2D eigenvalue weighted by atomic mass is 35.5. The Labute approximate surface area is 131 Å². The molecular weight excluding hydrogens is 280 g/mol. The zero-order valence-corrected chi connectivity index (χ0v) is 12.9. The van der Waals surface area contributed by atoms with Crippen molar-refractivity contribution in [2.45, 2.75) is 24.3 Å². The van der Waals surface area contributed by atoms with Crippen LogP contribution in [-0.2, 0) is 5.41 Å². The molecule has 2 unspecified atom stereocenters. The molecule has 21 heavy (non-hydrogen) atoms.